The topological polar surface area (TPSA) is 92.7 Å². The summed E-state index contributed by atoms with van der Waals surface area (Å²) in [5.41, 5.74) is 4.99. The SMILES string of the molecule is Cc1cc2nc3c(=O)[nH]c(=O)nc-3n(CCNCc3ccc(Cl)cc3C)c2cc1C. The highest BCUT2D eigenvalue weighted by molar-refractivity contribution is 6.30. The summed E-state index contributed by atoms with van der Waals surface area (Å²) in [6.07, 6.45) is 0. The third kappa shape index (κ3) is 3.86. The molecule has 0 radical (unpaired) electrons. The van der Waals surface area contributed by atoms with E-state index in [4.69, 9.17) is 11.6 Å². The lowest BCUT2D eigenvalue weighted by Crippen LogP contribution is -2.30. The van der Waals surface area contributed by atoms with Crippen molar-refractivity contribution in [3.8, 4) is 11.5 Å². The summed E-state index contributed by atoms with van der Waals surface area (Å²) in [6.45, 7) is 7.89. The van der Waals surface area contributed by atoms with Gasteiger partial charge in [-0.15, -0.1) is 0 Å². The predicted octanol–water partition coefficient (Wildman–Crippen LogP) is 2.95. The summed E-state index contributed by atoms with van der Waals surface area (Å²) in [7, 11) is 0. The minimum atomic E-state index is -0.670. The molecule has 0 spiro atoms. The first-order chi connectivity index (χ1) is 14.3. The van der Waals surface area contributed by atoms with E-state index in [9.17, 15) is 9.59 Å². The van der Waals surface area contributed by atoms with E-state index in [0.29, 0.717) is 31.0 Å². The van der Waals surface area contributed by atoms with Crippen molar-refractivity contribution in [3.05, 3.63) is 78.4 Å². The molecular weight excluding hydrogens is 402 g/mol. The van der Waals surface area contributed by atoms with Gasteiger partial charge in [0, 0.05) is 24.7 Å². The summed E-state index contributed by atoms with van der Waals surface area (Å²) in [6, 6.07) is 9.80. The average molecular weight is 424 g/mol. The van der Waals surface area contributed by atoms with Crippen molar-refractivity contribution < 1.29 is 0 Å². The molecule has 2 aliphatic rings. The number of fused-ring (bicyclic) bond motifs is 2. The van der Waals surface area contributed by atoms with Gasteiger partial charge < -0.3 is 9.88 Å². The molecule has 0 saturated carbocycles. The maximum Gasteiger partial charge on any atom is 0.349 e. The summed E-state index contributed by atoms with van der Waals surface area (Å²) in [5, 5.41) is 4.14. The molecule has 0 unspecified atom stereocenters. The fourth-order valence-corrected chi connectivity index (χ4v) is 3.77. The number of aromatic amines is 1. The van der Waals surface area contributed by atoms with Gasteiger partial charge in [0.2, 0.25) is 0 Å². The standard InChI is InChI=1S/C22H22ClN5O2/c1-12-9-17-18(10-13(12)2)28(20-19(25-17)21(29)27-22(30)26-20)7-6-24-11-15-4-5-16(23)8-14(15)3/h4-5,8-10,24H,6-7,11H2,1-3H3,(H,27,29,30). The molecular formula is C22H22ClN5O2. The Bertz CT molecular complexity index is 1340. The number of rotatable bonds is 5. The molecule has 0 aromatic heterocycles. The lowest BCUT2D eigenvalue weighted by atomic mass is 10.1. The van der Waals surface area contributed by atoms with E-state index in [1.54, 1.807) is 0 Å². The molecule has 154 valence electrons. The zero-order chi connectivity index (χ0) is 21.4. The van der Waals surface area contributed by atoms with E-state index >= 15 is 0 Å². The van der Waals surface area contributed by atoms with Crippen molar-refractivity contribution in [2.45, 2.75) is 33.9 Å². The van der Waals surface area contributed by atoms with Gasteiger partial charge >= 0.3 is 5.69 Å². The molecule has 7 nitrogen and oxygen atoms in total. The molecule has 2 aromatic carbocycles. The number of hydrogen-bond acceptors (Lipinski definition) is 5. The molecule has 30 heavy (non-hydrogen) atoms. The van der Waals surface area contributed by atoms with Gasteiger partial charge in [-0.25, -0.2) is 9.78 Å². The third-order valence-electron chi connectivity index (χ3n) is 5.36. The minimum Gasteiger partial charge on any atom is -0.321 e. The largest absolute Gasteiger partial charge is 0.349 e. The van der Waals surface area contributed by atoms with Crippen LogP contribution in [0.5, 0.6) is 0 Å². The molecule has 8 heteroatoms. The van der Waals surface area contributed by atoms with Gasteiger partial charge in [-0.3, -0.25) is 9.78 Å². The van der Waals surface area contributed by atoms with Crippen LogP contribution in [0.2, 0.25) is 5.02 Å². The van der Waals surface area contributed by atoms with Crippen LogP contribution in [0.1, 0.15) is 22.3 Å². The van der Waals surface area contributed by atoms with Gasteiger partial charge in [0.1, 0.15) is 0 Å². The zero-order valence-corrected chi connectivity index (χ0v) is 17.8. The van der Waals surface area contributed by atoms with Crippen molar-refractivity contribution >= 4 is 22.6 Å². The predicted molar refractivity (Wildman–Crippen MR) is 118 cm³/mol. The first kappa shape index (κ1) is 20.3. The van der Waals surface area contributed by atoms with Crippen LogP contribution in [0.15, 0.2) is 39.9 Å². The second-order valence-corrected chi connectivity index (χ2v) is 7.92. The molecule has 0 saturated heterocycles. The number of benzene rings is 2. The Hall–Kier alpha value is -3.03. The summed E-state index contributed by atoms with van der Waals surface area (Å²) >= 11 is 6.03. The first-order valence-corrected chi connectivity index (χ1v) is 10.1. The van der Waals surface area contributed by atoms with Crippen LogP contribution >= 0.6 is 11.6 Å². The maximum atomic E-state index is 12.3. The number of aryl methyl sites for hydroxylation is 3. The Balaban J connectivity index is 1.69. The quantitative estimate of drug-likeness (QED) is 0.380. The molecule has 0 bridgehead atoms. The number of nitrogens with zero attached hydrogens (tertiary/aromatic N) is 3. The monoisotopic (exact) mass is 423 g/mol. The van der Waals surface area contributed by atoms with E-state index in [1.807, 2.05) is 55.7 Å². The molecule has 0 amide bonds. The summed E-state index contributed by atoms with van der Waals surface area (Å²) < 4.78 is 1.89. The van der Waals surface area contributed by atoms with E-state index in [0.717, 1.165) is 32.8 Å². The van der Waals surface area contributed by atoms with Gasteiger partial charge in [0.25, 0.3) is 5.56 Å². The smallest absolute Gasteiger partial charge is 0.321 e. The Morgan fingerprint density at radius 1 is 1.03 bits per heavy atom. The van der Waals surface area contributed by atoms with Gasteiger partial charge in [-0.1, -0.05) is 17.7 Å². The van der Waals surface area contributed by atoms with E-state index in [-0.39, 0.29) is 5.69 Å². The first-order valence-electron chi connectivity index (χ1n) is 9.71. The second kappa shape index (κ2) is 8.01. The van der Waals surface area contributed by atoms with E-state index in [2.05, 4.69) is 20.3 Å². The Kier molecular flexibility index (Phi) is 5.40. The molecule has 2 aliphatic heterocycles. The number of aromatic nitrogens is 4. The molecule has 0 atom stereocenters. The lowest BCUT2D eigenvalue weighted by Gasteiger charge is -2.18. The van der Waals surface area contributed by atoms with Gasteiger partial charge in [-0.2, -0.15) is 4.98 Å². The van der Waals surface area contributed by atoms with Crippen molar-refractivity contribution in [3.63, 3.8) is 0 Å². The van der Waals surface area contributed by atoms with Crippen LogP contribution in [0.25, 0.3) is 22.6 Å². The van der Waals surface area contributed by atoms with Crippen LogP contribution in [-0.2, 0) is 13.1 Å². The Morgan fingerprint density at radius 3 is 2.57 bits per heavy atom. The van der Waals surface area contributed by atoms with E-state index in [1.165, 1.54) is 0 Å². The third-order valence-corrected chi connectivity index (χ3v) is 5.59. The number of nitrogens with one attached hydrogen (secondary N) is 2. The lowest BCUT2D eigenvalue weighted by molar-refractivity contribution is 0.602. The maximum absolute atomic E-state index is 12.3. The molecule has 0 fully saturated rings. The fourth-order valence-electron chi connectivity index (χ4n) is 3.55. The van der Waals surface area contributed by atoms with Crippen LogP contribution in [-0.4, -0.2) is 26.1 Å². The highest BCUT2D eigenvalue weighted by atomic mass is 35.5. The molecule has 2 aromatic rings. The highest BCUT2D eigenvalue weighted by Gasteiger charge is 2.19. The van der Waals surface area contributed by atoms with Crippen molar-refractivity contribution in [2.75, 3.05) is 6.54 Å². The zero-order valence-electron chi connectivity index (χ0n) is 17.0. The molecule has 2 heterocycles. The number of halogens is 1. The number of H-pyrrole nitrogens is 1. The van der Waals surface area contributed by atoms with Crippen LogP contribution in [0.3, 0.4) is 0 Å². The molecule has 0 aliphatic carbocycles. The Morgan fingerprint density at radius 2 is 1.80 bits per heavy atom. The highest BCUT2D eigenvalue weighted by Crippen LogP contribution is 2.23. The number of hydrogen-bond donors (Lipinski definition) is 2. The van der Waals surface area contributed by atoms with Gasteiger partial charge in [0.15, 0.2) is 11.5 Å². The van der Waals surface area contributed by atoms with Crippen molar-refractivity contribution in [2.24, 2.45) is 0 Å². The Labute approximate surface area is 178 Å². The second-order valence-electron chi connectivity index (χ2n) is 7.48. The summed E-state index contributed by atoms with van der Waals surface area (Å²) in [5.74, 6) is 0.295. The van der Waals surface area contributed by atoms with Gasteiger partial charge in [0.05, 0.1) is 11.0 Å². The normalized spacial score (nSPS) is 11.5. The van der Waals surface area contributed by atoms with Crippen molar-refractivity contribution in [1.82, 2.24) is 24.8 Å². The van der Waals surface area contributed by atoms with Crippen LogP contribution in [0.4, 0.5) is 0 Å². The minimum absolute atomic E-state index is 0.166. The van der Waals surface area contributed by atoms with Crippen molar-refractivity contribution in [1.29, 1.82) is 0 Å². The van der Waals surface area contributed by atoms with Crippen LogP contribution < -0.4 is 16.6 Å². The van der Waals surface area contributed by atoms with E-state index < -0.39 is 11.2 Å². The average Bonchev–Trinajstić information content (AvgIpc) is 2.68. The summed E-state index contributed by atoms with van der Waals surface area (Å²) in [4.78, 5) is 34.9. The fraction of sp³-hybridized carbons (Fsp3) is 0.273. The van der Waals surface area contributed by atoms with Crippen LogP contribution in [0, 0.1) is 20.8 Å². The van der Waals surface area contributed by atoms with Gasteiger partial charge in [-0.05, 0) is 67.3 Å². The molecule has 4 rings (SSSR count). The molecule has 2 N–H and O–H groups in total.